The monoisotopic (exact) mass is 257 g/mol. The Morgan fingerprint density at radius 2 is 1.94 bits per heavy atom. The molecule has 5 heteroatoms. The molecule has 5 nitrogen and oxygen atoms in total. The van der Waals surface area contributed by atoms with E-state index in [-0.39, 0.29) is 18.4 Å². The number of nitrogens with one attached hydrogen (secondary N) is 1. The molecule has 1 aliphatic rings. The van der Waals surface area contributed by atoms with Crippen LogP contribution < -0.4 is 5.32 Å². The molecule has 0 aromatic rings. The van der Waals surface area contributed by atoms with E-state index in [2.05, 4.69) is 19.2 Å². The summed E-state index contributed by atoms with van der Waals surface area (Å²) in [4.78, 5) is 22.4. The Labute approximate surface area is 108 Å². The van der Waals surface area contributed by atoms with Gasteiger partial charge in [0.1, 0.15) is 5.54 Å². The van der Waals surface area contributed by atoms with Crippen LogP contribution in [0, 0.1) is 5.92 Å². The highest BCUT2D eigenvalue weighted by Gasteiger charge is 2.51. The van der Waals surface area contributed by atoms with E-state index in [9.17, 15) is 9.59 Å². The van der Waals surface area contributed by atoms with Crippen molar-refractivity contribution in [3.8, 4) is 0 Å². The van der Waals surface area contributed by atoms with Gasteiger partial charge in [-0.05, 0) is 32.1 Å². The molecule has 0 aliphatic heterocycles. The third kappa shape index (κ3) is 4.64. The molecule has 18 heavy (non-hydrogen) atoms. The predicted octanol–water partition coefficient (Wildman–Crippen LogP) is 1.56. The van der Waals surface area contributed by atoms with Gasteiger partial charge in [-0.15, -0.1) is 0 Å². The number of amides is 1. The fraction of sp³-hybridized carbons (Fsp3) is 0.846. The van der Waals surface area contributed by atoms with Crippen LogP contribution in [0.1, 0.15) is 46.5 Å². The second-order valence-corrected chi connectivity index (χ2v) is 5.50. The maximum atomic E-state index is 11.6. The van der Waals surface area contributed by atoms with Gasteiger partial charge in [0.25, 0.3) is 0 Å². The molecule has 1 saturated carbocycles. The van der Waals surface area contributed by atoms with Crippen LogP contribution in [0.3, 0.4) is 0 Å². The van der Waals surface area contributed by atoms with Crippen LogP contribution in [0.2, 0.25) is 0 Å². The van der Waals surface area contributed by atoms with Crippen molar-refractivity contribution >= 4 is 11.9 Å². The van der Waals surface area contributed by atoms with Crippen molar-refractivity contribution in [3.63, 3.8) is 0 Å². The average molecular weight is 257 g/mol. The van der Waals surface area contributed by atoms with Gasteiger partial charge in [-0.25, -0.2) is 4.79 Å². The van der Waals surface area contributed by atoms with E-state index in [1.54, 1.807) is 0 Å². The first kappa shape index (κ1) is 15.0. The van der Waals surface area contributed by atoms with E-state index in [1.807, 2.05) is 6.92 Å². The van der Waals surface area contributed by atoms with Crippen LogP contribution in [0.4, 0.5) is 0 Å². The SMILES string of the molecule is CC(C)CC(C)OCCC(=O)NC1(C(=O)O)CC1. The molecule has 1 fully saturated rings. The molecule has 0 aromatic carbocycles. The smallest absolute Gasteiger partial charge is 0.329 e. The maximum absolute atomic E-state index is 11.6. The minimum atomic E-state index is -0.985. The molecule has 0 radical (unpaired) electrons. The summed E-state index contributed by atoms with van der Waals surface area (Å²) in [7, 11) is 0. The Morgan fingerprint density at radius 1 is 1.33 bits per heavy atom. The Kier molecular flexibility index (Phi) is 5.14. The number of carboxylic acids is 1. The normalized spacial score (nSPS) is 18.4. The van der Waals surface area contributed by atoms with Crippen LogP contribution in [0.25, 0.3) is 0 Å². The third-order valence-corrected chi connectivity index (χ3v) is 3.07. The molecule has 0 spiro atoms. The standard InChI is InChI=1S/C13H23NO4/c1-9(2)8-10(3)18-7-4-11(15)14-13(5-6-13)12(16)17/h9-10H,4-8H2,1-3H3,(H,14,15)(H,16,17). The molecule has 1 unspecified atom stereocenters. The van der Waals surface area contributed by atoms with Gasteiger partial charge in [-0.3, -0.25) is 4.79 Å². The highest BCUT2D eigenvalue weighted by atomic mass is 16.5. The molecule has 0 bridgehead atoms. The van der Waals surface area contributed by atoms with Crippen molar-refractivity contribution in [3.05, 3.63) is 0 Å². The van der Waals surface area contributed by atoms with Crippen molar-refractivity contribution < 1.29 is 19.4 Å². The minimum absolute atomic E-state index is 0.132. The molecule has 104 valence electrons. The number of aliphatic carboxylic acids is 1. The first-order valence-corrected chi connectivity index (χ1v) is 6.52. The highest BCUT2D eigenvalue weighted by molar-refractivity contribution is 5.89. The zero-order valence-electron chi connectivity index (χ0n) is 11.4. The summed E-state index contributed by atoms with van der Waals surface area (Å²) in [6.07, 6.45) is 2.36. The summed E-state index contributed by atoms with van der Waals surface area (Å²) in [5.41, 5.74) is -0.985. The molecule has 1 amide bonds. The van der Waals surface area contributed by atoms with Crippen molar-refractivity contribution in [1.82, 2.24) is 5.32 Å². The van der Waals surface area contributed by atoms with E-state index < -0.39 is 11.5 Å². The van der Waals surface area contributed by atoms with Crippen LogP contribution >= 0.6 is 0 Å². The molecule has 1 atom stereocenters. The summed E-state index contributed by atoms with van der Waals surface area (Å²) in [5, 5.41) is 11.5. The molecular formula is C13H23NO4. The number of rotatable bonds is 8. The van der Waals surface area contributed by atoms with Gasteiger partial charge in [-0.2, -0.15) is 0 Å². The molecule has 2 N–H and O–H groups in total. The van der Waals surface area contributed by atoms with Crippen LogP contribution in [0.15, 0.2) is 0 Å². The number of carbonyl (C=O) groups excluding carboxylic acids is 1. The Bertz CT molecular complexity index is 310. The lowest BCUT2D eigenvalue weighted by molar-refractivity contribution is -0.143. The number of hydrogen-bond acceptors (Lipinski definition) is 3. The number of ether oxygens (including phenoxy) is 1. The van der Waals surface area contributed by atoms with E-state index >= 15 is 0 Å². The van der Waals surface area contributed by atoms with Crippen molar-refractivity contribution in [2.75, 3.05) is 6.61 Å². The topological polar surface area (TPSA) is 75.6 Å². The van der Waals surface area contributed by atoms with Gasteiger partial charge >= 0.3 is 5.97 Å². The van der Waals surface area contributed by atoms with Crippen molar-refractivity contribution in [2.45, 2.75) is 58.1 Å². The first-order chi connectivity index (χ1) is 8.35. The van der Waals surface area contributed by atoms with Crippen molar-refractivity contribution in [1.29, 1.82) is 0 Å². The molecule has 0 saturated heterocycles. The third-order valence-electron chi connectivity index (χ3n) is 3.07. The molecule has 0 heterocycles. The zero-order valence-corrected chi connectivity index (χ0v) is 11.4. The Balaban J connectivity index is 2.16. The highest BCUT2D eigenvalue weighted by Crippen LogP contribution is 2.35. The van der Waals surface area contributed by atoms with Gasteiger partial charge in [0, 0.05) is 6.42 Å². The lowest BCUT2D eigenvalue weighted by Crippen LogP contribution is -2.43. The van der Waals surface area contributed by atoms with Crippen LogP contribution in [-0.2, 0) is 14.3 Å². The Hall–Kier alpha value is -1.10. The molecule has 1 aliphatic carbocycles. The number of carbonyl (C=O) groups is 2. The zero-order chi connectivity index (χ0) is 13.8. The van der Waals surface area contributed by atoms with E-state index in [4.69, 9.17) is 9.84 Å². The van der Waals surface area contributed by atoms with Gasteiger partial charge in [0.15, 0.2) is 0 Å². The Morgan fingerprint density at radius 3 is 2.39 bits per heavy atom. The lowest BCUT2D eigenvalue weighted by atomic mass is 10.1. The first-order valence-electron chi connectivity index (χ1n) is 6.52. The second-order valence-electron chi connectivity index (χ2n) is 5.50. The molecular weight excluding hydrogens is 234 g/mol. The summed E-state index contributed by atoms with van der Waals surface area (Å²) in [5.74, 6) is -0.618. The van der Waals surface area contributed by atoms with Crippen LogP contribution in [0.5, 0.6) is 0 Å². The largest absolute Gasteiger partial charge is 0.480 e. The summed E-state index contributed by atoms with van der Waals surface area (Å²) in [6.45, 7) is 6.57. The van der Waals surface area contributed by atoms with Gasteiger partial charge in [0.05, 0.1) is 12.7 Å². The van der Waals surface area contributed by atoms with E-state index in [0.717, 1.165) is 6.42 Å². The average Bonchev–Trinajstić information content (AvgIpc) is 2.97. The summed E-state index contributed by atoms with van der Waals surface area (Å²) < 4.78 is 5.51. The van der Waals surface area contributed by atoms with E-state index in [0.29, 0.717) is 25.4 Å². The van der Waals surface area contributed by atoms with Crippen molar-refractivity contribution in [2.24, 2.45) is 5.92 Å². The molecule has 0 aromatic heterocycles. The van der Waals surface area contributed by atoms with Gasteiger partial charge < -0.3 is 15.2 Å². The lowest BCUT2D eigenvalue weighted by Gasteiger charge is -2.16. The molecule has 1 rings (SSSR count). The maximum Gasteiger partial charge on any atom is 0.329 e. The number of carboxylic acid groups (broad SMARTS) is 1. The quantitative estimate of drug-likeness (QED) is 0.692. The van der Waals surface area contributed by atoms with Gasteiger partial charge in [0.2, 0.25) is 5.91 Å². The predicted molar refractivity (Wildman–Crippen MR) is 67.2 cm³/mol. The van der Waals surface area contributed by atoms with Gasteiger partial charge in [-0.1, -0.05) is 13.8 Å². The second kappa shape index (κ2) is 6.18. The summed E-state index contributed by atoms with van der Waals surface area (Å²) >= 11 is 0. The fourth-order valence-corrected chi connectivity index (χ4v) is 1.93. The summed E-state index contributed by atoms with van der Waals surface area (Å²) in [6, 6.07) is 0. The number of hydrogen-bond donors (Lipinski definition) is 2. The fourth-order valence-electron chi connectivity index (χ4n) is 1.93. The van der Waals surface area contributed by atoms with E-state index in [1.165, 1.54) is 0 Å². The minimum Gasteiger partial charge on any atom is -0.480 e. The van der Waals surface area contributed by atoms with Crippen LogP contribution in [-0.4, -0.2) is 35.2 Å².